The summed E-state index contributed by atoms with van der Waals surface area (Å²) in [4.78, 5) is 39.8. The van der Waals surface area contributed by atoms with Crippen molar-refractivity contribution in [3.63, 3.8) is 0 Å². The van der Waals surface area contributed by atoms with Crippen LogP contribution in [-0.4, -0.2) is 48.1 Å². The molecule has 0 unspecified atom stereocenters. The Bertz CT molecular complexity index is 1050. The van der Waals surface area contributed by atoms with Crippen LogP contribution in [0.3, 0.4) is 0 Å². The van der Waals surface area contributed by atoms with Gasteiger partial charge in [0, 0.05) is 18.0 Å². The van der Waals surface area contributed by atoms with Crippen molar-refractivity contribution in [1.82, 2.24) is 16.0 Å². The van der Waals surface area contributed by atoms with Gasteiger partial charge in [-0.15, -0.1) is 0 Å². The molecule has 2 fully saturated rings. The quantitative estimate of drug-likeness (QED) is 0.0954. The van der Waals surface area contributed by atoms with Crippen molar-refractivity contribution in [2.24, 2.45) is 35.0 Å². The minimum atomic E-state index is -0.881. The Morgan fingerprint density at radius 3 is 1.93 bits per heavy atom. The maximum atomic E-state index is 14.0. The standard InChI is InChI=1S/C30H48N8O3/c31-26(32)22-15-13-19(14-16-22)18-23(20-8-3-1-4-9-20)28(40)38-25(21-10-5-2-6-11-21)29(41)37-24(27(33)39)12-7-17-36-30(34)35/h13-16,20-21,23-25H,1-12,17-18H2,(H3,31,32)(H2,33,39)(H,37,41)(H,38,40)(H4,34,35,36)/t23-,24+,25+/m1/s1. The maximum absolute atomic E-state index is 14.0. The number of primary amides is 1. The number of carbonyl (C=O) groups is 3. The lowest BCUT2D eigenvalue weighted by atomic mass is 9.76. The molecule has 0 saturated heterocycles. The van der Waals surface area contributed by atoms with Gasteiger partial charge in [0.1, 0.15) is 17.9 Å². The molecule has 0 aliphatic heterocycles. The normalized spacial score (nSPS) is 18.4. The molecule has 2 aliphatic carbocycles. The summed E-state index contributed by atoms with van der Waals surface area (Å²) in [6.07, 6.45) is 11.4. The first-order chi connectivity index (χ1) is 19.7. The van der Waals surface area contributed by atoms with E-state index in [1.807, 2.05) is 24.3 Å². The van der Waals surface area contributed by atoms with Gasteiger partial charge in [0.05, 0.1) is 0 Å². The summed E-state index contributed by atoms with van der Waals surface area (Å²) in [6, 6.07) is 5.83. The Morgan fingerprint density at radius 1 is 0.805 bits per heavy atom. The summed E-state index contributed by atoms with van der Waals surface area (Å²) < 4.78 is 0. The predicted molar refractivity (Wildman–Crippen MR) is 160 cm³/mol. The Balaban J connectivity index is 1.77. The van der Waals surface area contributed by atoms with Crippen LogP contribution >= 0.6 is 0 Å². The summed E-state index contributed by atoms with van der Waals surface area (Å²) in [5, 5.41) is 23.6. The van der Waals surface area contributed by atoms with E-state index < -0.39 is 18.0 Å². The fourth-order valence-electron chi connectivity index (χ4n) is 6.29. The minimum Gasteiger partial charge on any atom is -0.384 e. The number of amidine groups is 1. The number of amides is 3. The van der Waals surface area contributed by atoms with Crippen LogP contribution in [0.5, 0.6) is 0 Å². The van der Waals surface area contributed by atoms with E-state index in [-0.39, 0.29) is 41.4 Å². The van der Waals surface area contributed by atoms with Crippen molar-refractivity contribution < 1.29 is 14.4 Å². The summed E-state index contributed by atoms with van der Waals surface area (Å²) in [6.45, 7) is 0.383. The largest absolute Gasteiger partial charge is 0.384 e. The lowest BCUT2D eigenvalue weighted by molar-refractivity contribution is -0.135. The Morgan fingerprint density at radius 2 is 1.39 bits per heavy atom. The van der Waals surface area contributed by atoms with Gasteiger partial charge in [0.25, 0.3) is 0 Å². The fraction of sp³-hybridized carbons (Fsp3) is 0.633. The molecule has 11 nitrogen and oxygen atoms in total. The number of nitrogen functional groups attached to an aromatic ring is 1. The molecule has 11 heteroatoms. The van der Waals surface area contributed by atoms with Gasteiger partial charge in [-0.3, -0.25) is 25.2 Å². The van der Waals surface area contributed by atoms with Crippen molar-refractivity contribution >= 4 is 29.5 Å². The van der Waals surface area contributed by atoms with E-state index in [2.05, 4.69) is 16.0 Å². The molecule has 226 valence electrons. The second-order valence-electron chi connectivity index (χ2n) is 11.6. The Labute approximate surface area is 243 Å². The van der Waals surface area contributed by atoms with E-state index >= 15 is 0 Å². The van der Waals surface area contributed by atoms with Gasteiger partial charge in [-0.25, -0.2) is 0 Å². The molecule has 3 amide bonds. The van der Waals surface area contributed by atoms with Crippen LogP contribution in [-0.2, 0) is 20.8 Å². The fourth-order valence-corrected chi connectivity index (χ4v) is 6.29. The third-order valence-electron chi connectivity index (χ3n) is 8.62. The van der Waals surface area contributed by atoms with Crippen LogP contribution in [0.4, 0.5) is 0 Å². The van der Waals surface area contributed by atoms with Gasteiger partial charge in [0.15, 0.2) is 5.96 Å². The number of hydrogen-bond acceptors (Lipinski definition) is 5. The molecule has 0 bridgehead atoms. The highest BCUT2D eigenvalue weighted by Crippen LogP contribution is 2.33. The monoisotopic (exact) mass is 568 g/mol. The van der Waals surface area contributed by atoms with Crippen molar-refractivity contribution in [3.05, 3.63) is 35.4 Å². The molecule has 2 aliphatic rings. The van der Waals surface area contributed by atoms with E-state index in [4.69, 9.17) is 28.0 Å². The van der Waals surface area contributed by atoms with E-state index in [1.54, 1.807) is 0 Å². The molecule has 11 N–H and O–H groups in total. The van der Waals surface area contributed by atoms with Crippen LogP contribution in [0.15, 0.2) is 24.3 Å². The number of nitrogens with two attached hydrogens (primary N) is 3. The lowest BCUT2D eigenvalue weighted by Gasteiger charge is -2.34. The van der Waals surface area contributed by atoms with Crippen LogP contribution < -0.4 is 33.2 Å². The van der Waals surface area contributed by atoms with Crippen molar-refractivity contribution in [1.29, 1.82) is 10.8 Å². The average molecular weight is 569 g/mol. The molecule has 1 aromatic rings. The zero-order valence-corrected chi connectivity index (χ0v) is 24.1. The van der Waals surface area contributed by atoms with E-state index in [1.165, 1.54) is 6.42 Å². The minimum absolute atomic E-state index is 0.00356. The Hall–Kier alpha value is -3.63. The first kappa shape index (κ1) is 31.9. The summed E-state index contributed by atoms with van der Waals surface area (Å²) in [5.74, 6) is -1.37. The Kier molecular flexibility index (Phi) is 12.4. The molecule has 0 aromatic heterocycles. The zero-order valence-electron chi connectivity index (χ0n) is 24.1. The van der Waals surface area contributed by atoms with Crippen molar-refractivity contribution in [2.75, 3.05) is 6.54 Å². The molecular formula is C30H48N8O3. The van der Waals surface area contributed by atoms with Crippen LogP contribution in [0, 0.1) is 28.6 Å². The highest BCUT2D eigenvalue weighted by molar-refractivity contribution is 5.95. The summed E-state index contributed by atoms with van der Waals surface area (Å²) in [7, 11) is 0. The second-order valence-corrected chi connectivity index (χ2v) is 11.6. The number of hydrogen-bond donors (Lipinski definition) is 8. The molecule has 0 spiro atoms. The summed E-state index contributed by atoms with van der Waals surface area (Å²) >= 11 is 0. The molecule has 2 saturated carbocycles. The van der Waals surface area contributed by atoms with Crippen LogP contribution in [0.2, 0.25) is 0 Å². The first-order valence-electron chi connectivity index (χ1n) is 15.1. The third-order valence-corrected chi connectivity index (χ3v) is 8.62. The number of guanidine groups is 1. The number of benzene rings is 1. The molecule has 1 aromatic carbocycles. The number of nitrogens with one attached hydrogen (secondary N) is 5. The van der Waals surface area contributed by atoms with Gasteiger partial charge in [-0.2, -0.15) is 0 Å². The van der Waals surface area contributed by atoms with Gasteiger partial charge in [-0.05, 0) is 62.3 Å². The van der Waals surface area contributed by atoms with Crippen molar-refractivity contribution in [3.8, 4) is 0 Å². The van der Waals surface area contributed by atoms with E-state index in [0.29, 0.717) is 31.4 Å². The maximum Gasteiger partial charge on any atom is 0.243 e. The zero-order chi connectivity index (χ0) is 29.8. The van der Waals surface area contributed by atoms with Crippen LogP contribution in [0.25, 0.3) is 0 Å². The molecular weight excluding hydrogens is 520 g/mol. The molecule has 41 heavy (non-hydrogen) atoms. The van der Waals surface area contributed by atoms with E-state index in [0.717, 1.165) is 63.4 Å². The second kappa shape index (κ2) is 16.0. The van der Waals surface area contributed by atoms with E-state index in [9.17, 15) is 14.4 Å². The van der Waals surface area contributed by atoms with Gasteiger partial charge in [0.2, 0.25) is 17.7 Å². The third kappa shape index (κ3) is 10.1. The molecule has 0 radical (unpaired) electrons. The SMILES string of the molecule is N=C(N)NCCC[C@H](NC(=O)[C@@H](NC(=O)[C@H](Cc1ccc(C(=N)N)cc1)C1CCCCC1)C1CCCCC1)C(N)=O. The summed E-state index contributed by atoms with van der Waals surface area (Å²) in [5.41, 5.74) is 18.2. The van der Waals surface area contributed by atoms with Gasteiger partial charge in [-0.1, -0.05) is 62.8 Å². The smallest absolute Gasteiger partial charge is 0.243 e. The van der Waals surface area contributed by atoms with Gasteiger partial charge >= 0.3 is 0 Å². The highest BCUT2D eigenvalue weighted by Gasteiger charge is 2.36. The van der Waals surface area contributed by atoms with Gasteiger partial charge < -0.3 is 33.2 Å². The molecule has 3 rings (SSSR count). The first-order valence-corrected chi connectivity index (χ1v) is 15.1. The topological polar surface area (TPSA) is 213 Å². The lowest BCUT2D eigenvalue weighted by Crippen LogP contribution is -2.57. The number of carbonyl (C=O) groups excluding carboxylic acids is 3. The van der Waals surface area contributed by atoms with Crippen molar-refractivity contribution in [2.45, 2.75) is 95.6 Å². The van der Waals surface area contributed by atoms with Crippen LogP contribution in [0.1, 0.15) is 88.2 Å². The highest BCUT2D eigenvalue weighted by atomic mass is 16.2. The predicted octanol–water partition coefficient (Wildman–Crippen LogP) is 2.01. The average Bonchev–Trinajstić information content (AvgIpc) is 2.96. The number of rotatable bonds is 14. The molecule has 3 atom stereocenters. The molecule has 0 heterocycles.